The highest BCUT2D eigenvalue weighted by Crippen LogP contribution is 2.34. The van der Waals surface area contributed by atoms with Crippen molar-refractivity contribution in [1.82, 2.24) is 0 Å². The number of hydrogen-bond acceptors (Lipinski definition) is 6. The molecule has 1 amide bonds. The molecule has 0 aromatic heterocycles. The minimum absolute atomic E-state index is 0.166. The van der Waals surface area contributed by atoms with E-state index in [-0.39, 0.29) is 15.7 Å². The number of ether oxygens (including phenoxy) is 2. The minimum Gasteiger partial charge on any atom is -0.465 e. The van der Waals surface area contributed by atoms with E-state index in [2.05, 4.69) is 30.7 Å². The zero-order valence-corrected chi connectivity index (χ0v) is 11.5. The van der Waals surface area contributed by atoms with Crippen molar-refractivity contribution >= 4 is 39.4 Å². The third-order valence-electron chi connectivity index (χ3n) is 2.12. The Morgan fingerprint density at radius 2 is 1.95 bits per heavy atom. The molecule has 0 aliphatic carbocycles. The number of carbonyl (C=O) groups is 2. The molecule has 102 valence electrons. The summed E-state index contributed by atoms with van der Waals surface area (Å²) in [6.07, 6.45) is -0.888. The number of halogens is 1. The van der Waals surface area contributed by atoms with E-state index >= 15 is 0 Å². The fourth-order valence-electron chi connectivity index (χ4n) is 1.31. The van der Waals surface area contributed by atoms with Gasteiger partial charge in [-0.05, 0) is 28.1 Å². The fraction of sp³-hybridized carbons (Fsp3) is 0.200. The van der Waals surface area contributed by atoms with E-state index in [1.165, 1.54) is 12.1 Å². The Morgan fingerprint density at radius 3 is 2.42 bits per heavy atom. The van der Waals surface area contributed by atoms with Gasteiger partial charge in [0.15, 0.2) is 5.56 Å². The molecule has 1 aromatic rings. The second kappa shape index (κ2) is 6.14. The Balaban J connectivity index is 3.45. The normalized spacial score (nSPS) is 9.63. The first kappa shape index (κ1) is 14.9. The molecule has 1 N–H and O–H groups in total. The Kier molecular flexibility index (Phi) is 4.81. The average Bonchev–Trinajstić information content (AvgIpc) is 2.38. The lowest BCUT2D eigenvalue weighted by Gasteiger charge is -2.09. The van der Waals surface area contributed by atoms with Gasteiger partial charge in [0.25, 0.3) is 0 Å². The van der Waals surface area contributed by atoms with E-state index in [9.17, 15) is 19.7 Å². The van der Waals surface area contributed by atoms with E-state index in [0.29, 0.717) is 0 Å². The van der Waals surface area contributed by atoms with Crippen LogP contribution in [0, 0.1) is 10.1 Å². The molecule has 0 atom stereocenters. The maximum atomic E-state index is 11.6. The topological polar surface area (TPSA) is 108 Å². The summed E-state index contributed by atoms with van der Waals surface area (Å²) < 4.78 is 9.00. The molecule has 1 rings (SSSR count). The van der Waals surface area contributed by atoms with Crippen molar-refractivity contribution in [1.29, 1.82) is 0 Å². The molecular formula is C10H9BrN2O6. The number of amides is 1. The largest absolute Gasteiger partial charge is 0.465 e. The number of rotatable bonds is 3. The zero-order valence-electron chi connectivity index (χ0n) is 9.93. The van der Waals surface area contributed by atoms with Crippen LogP contribution in [0.1, 0.15) is 10.4 Å². The van der Waals surface area contributed by atoms with Crippen molar-refractivity contribution in [3.05, 3.63) is 32.3 Å². The number of esters is 1. The highest BCUT2D eigenvalue weighted by atomic mass is 79.9. The first-order chi connectivity index (χ1) is 8.92. The van der Waals surface area contributed by atoms with Crippen LogP contribution in [0.4, 0.5) is 16.2 Å². The number of hydrogen-bond donors (Lipinski definition) is 1. The van der Waals surface area contributed by atoms with Crippen LogP contribution in [0.15, 0.2) is 16.6 Å². The predicted molar refractivity (Wildman–Crippen MR) is 68.2 cm³/mol. The van der Waals surface area contributed by atoms with Gasteiger partial charge in [-0.2, -0.15) is 0 Å². The molecule has 0 unspecified atom stereocenters. The summed E-state index contributed by atoms with van der Waals surface area (Å²) in [7, 11) is 2.21. The maximum Gasteiger partial charge on any atom is 0.411 e. The molecule has 0 saturated heterocycles. The van der Waals surface area contributed by atoms with Gasteiger partial charge in [-0.3, -0.25) is 15.4 Å². The number of nitro benzene ring substituents is 1. The van der Waals surface area contributed by atoms with Gasteiger partial charge in [-0.1, -0.05) is 0 Å². The number of anilines is 1. The lowest BCUT2D eigenvalue weighted by atomic mass is 10.1. The Morgan fingerprint density at radius 1 is 1.32 bits per heavy atom. The van der Waals surface area contributed by atoms with Crippen LogP contribution < -0.4 is 5.32 Å². The Labute approximate surface area is 116 Å². The summed E-state index contributed by atoms with van der Waals surface area (Å²) in [4.78, 5) is 33.0. The van der Waals surface area contributed by atoms with Crippen LogP contribution in [-0.2, 0) is 9.47 Å². The first-order valence-electron chi connectivity index (χ1n) is 4.82. The lowest BCUT2D eigenvalue weighted by Crippen LogP contribution is -2.15. The van der Waals surface area contributed by atoms with Gasteiger partial charge in [-0.25, -0.2) is 9.59 Å². The minimum atomic E-state index is -0.896. The molecule has 0 radical (unpaired) electrons. The zero-order chi connectivity index (χ0) is 14.6. The van der Waals surface area contributed by atoms with Gasteiger partial charge in [0.1, 0.15) is 5.69 Å². The Hall–Kier alpha value is -2.16. The summed E-state index contributed by atoms with van der Waals surface area (Å²) >= 11 is 3.03. The standard InChI is InChI=1S/C10H9BrN2O6/c1-18-9(14)7-5(11)3-4-6(8(7)13(16)17)12-10(15)19-2/h3-4H,1-2H3,(H,12,15). The van der Waals surface area contributed by atoms with E-state index in [1.807, 2.05) is 0 Å². The summed E-state index contributed by atoms with van der Waals surface area (Å²) in [5.74, 6) is -0.896. The number of nitro groups is 1. The number of methoxy groups -OCH3 is 2. The van der Waals surface area contributed by atoms with Crippen molar-refractivity contribution in [2.75, 3.05) is 19.5 Å². The fourth-order valence-corrected chi connectivity index (χ4v) is 1.80. The van der Waals surface area contributed by atoms with E-state index in [1.54, 1.807) is 0 Å². The highest BCUT2D eigenvalue weighted by Gasteiger charge is 2.29. The summed E-state index contributed by atoms with van der Waals surface area (Å²) in [6.45, 7) is 0. The van der Waals surface area contributed by atoms with E-state index in [0.717, 1.165) is 14.2 Å². The highest BCUT2D eigenvalue weighted by molar-refractivity contribution is 9.10. The van der Waals surface area contributed by atoms with Crippen LogP contribution in [0.5, 0.6) is 0 Å². The molecular weight excluding hydrogens is 324 g/mol. The van der Waals surface area contributed by atoms with Gasteiger partial charge in [0.2, 0.25) is 0 Å². The molecule has 1 aromatic carbocycles. The summed E-state index contributed by atoms with van der Waals surface area (Å²) in [6, 6.07) is 2.65. The van der Waals surface area contributed by atoms with Crippen LogP contribution in [0.25, 0.3) is 0 Å². The smallest absolute Gasteiger partial charge is 0.411 e. The number of benzene rings is 1. The van der Waals surface area contributed by atoms with Gasteiger partial charge in [-0.15, -0.1) is 0 Å². The van der Waals surface area contributed by atoms with Crippen molar-refractivity contribution in [3.63, 3.8) is 0 Å². The average molecular weight is 333 g/mol. The molecule has 0 spiro atoms. The number of carbonyl (C=O) groups excluding carboxylic acids is 2. The van der Waals surface area contributed by atoms with Gasteiger partial charge in [0.05, 0.1) is 19.1 Å². The van der Waals surface area contributed by atoms with E-state index < -0.39 is 22.7 Å². The van der Waals surface area contributed by atoms with Gasteiger partial charge >= 0.3 is 17.7 Å². The third-order valence-corrected chi connectivity index (χ3v) is 2.78. The van der Waals surface area contributed by atoms with Crippen LogP contribution in [-0.4, -0.2) is 31.2 Å². The molecule has 9 heteroatoms. The summed E-state index contributed by atoms with van der Waals surface area (Å²) in [5, 5.41) is 13.2. The predicted octanol–water partition coefficient (Wildman–Crippen LogP) is 2.32. The second-order valence-electron chi connectivity index (χ2n) is 3.18. The molecule has 0 saturated carbocycles. The van der Waals surface area contributed by atoms with Crippen molar-refractivity contribution < 1.29 is 24.0 Å². The van der Waals surface area contributed by atoms with Crippen molar-refractivity contribution in [2.45, 2.75) is 0 Å². The maximum absolute atomic E-state index is 11.6. The van der Waals surface area contributed by atoms with Crippen LogP contribution >= 0.6 is 15.9 Å². The molecule has 0 heterocycles. The van der Waals surface area contributed by atoms with Crippen molar-refractivity contribution in [3.8, 4) is 0 Å². The molecule has 0 bridgehead atoms. The second-order valence-corrected chi connectivity index (χ2v) is 4.04. The summed E-state index contributed by atoms with van der Waals surface area (Å²) in [5.41, 5.74) is -1.03. The SMILES string of the molecule is COC(=O)Nc1ccc(Br)c(C(=O)OC)c1[N+](=O)[O-]. The molecule has 0 aliphatic heterocycles. The molecule has 0 fully saturated rings. The number of nitrogens with one attached hydrogen (secondary N) is 1. The third kappa shape index (κ3) is 3.19. The monoisotopic (exact) mass is 332 g/mol. The molecule has 19 heavy (non-hydrogen) atoms. The Bertz CT molecular complexity index is 545. The molecule has 8 nitrogen and oxygen atoms in total. The first-order valence-corrected chi connectivity index (χ1v) is 5.61. The van der Waals surface area contributed by atoms with Gasteiger partial charge < -0.3 is 9.47 Å². The molecule has 0 aliphatic rings. The lowest BCUT2D eigenvalue weighted by molar-refractivity contribution is -0.384. The van der Waals surface area contributed by atoms with Crippen LogP contribution in [0.2, 0.25) is 0 Å². The number of nitrogens with zero attached hydrogens (tertiary/aromatic N) is 1. The van der Waals surface area contributed by atoms with Crippen LogP contribution in [0.3, 0.4) is 0 Å². The van der Waals surface area contributed by atoms with Crippen molar-refractivity contribution in [2.24, 2.45) is 0 Å². The van der Waals surface area contributed by atoms with E-state index in [4.69, 9.17) is 0 Å². The van der Waals surface area contributed by atoms with Gasteiger partial charge in [0, 0.05) is 4.47 Å². The quantitative estimate of drug-likeness (QED) is 0.517.